The molecule has 1 saturated carbocycles. The SMILES string of the molecule is Cc1cc(Cl)cc(-c2ncnn3cc(CN4C(=O)C5C(C4=O)C5(C)C)cc23)c1NCC1CCN(C(=O)OC(C)(C)C)CC1. The number of amides is 3. The lowest BCUT2D eigenvalue weighted by Crippen LogP contribution is -2.42. The van der Waals surface area contributed by atoms with Crippen LogP contribution in [-0.2, 0) is 20.9 Å². The van der Waals surface area contributed by atoms with Crippen LogP contribution in [0, 0.1) is 30.1 Å². The molecule has 3 amide bonds. The molecular formula is C32H39ClN6O4. The number of nitrogens with one attached hydrogen (secondary N) is 1. The lowest BCUT2D eigenvalue weighted by Gasteiger charge is -2.33. The average molecular weight is 607 g/mol. The van der Waals surface area contributed by atoms with Gasteiger partial charge in [0, 0.05) is 42.1 Å². The maximum absolute atomic E-state index is 12.9. The summed E-state index contributed by atoms with van der Waals surface area (Å²) in [6.45, 7) is 13.9. The van der Waals surface area contributed by atoms with Crippen molar-refractivity contribution in [1.82, 2.24) is 24.4 Å². The highest BCUT2D eigenvalue weighted by atomic mass is 35.5. The Kier molecular flexibility index (Phi) is 7.18. The third kappa shape index (κ3) is 5.46. The number of rotatable bonds is 6. The van der Waals surface area contributed by atoms with E-state index in [1.54, 1.807) is 9.42 Å². The molecule has 3 fully saturated rings. The molecular weight excluding hydrogens is 568 g/mol. The van der Waals surface area contributed by atoms with Crippen LogP contribution in [0.2, 0.25) is 5.02 Å². The molecule has 3 aliphatic rings. The van der Waals surface area contributed by atoms with Gasteiger partial charge in [0.1, 0.15) is 11.9 Å². The number of piperidine rings is 2. The quantitative estimate of drug-likeness (QED) is 0.366. The van der Waals surface area contributed by atoms with Gasteiger partial charge in [-0.2, -0.15) is 5.10 Å². The Bertz CT molecular complexity index is 1590. The molecule has 4 heterocycles. The summed E-state index contributed by atoms with van der Waals surface area (Å²) in [5, 5.41) is 8.66. The molecule has 6 rings (SSSR count). The summed E-state index contributed by atoms with van der Waals surface area (Å²) in [7, 11) is 0. The molecule has 10 nitrogen and oxygen atoms in total. The van der Waals surface area contributed by atoms with Crippen LogP contribution < -0.4 is 5.32 Å². The van der Waals surface area contributed by atoms with Crippen LogP contribution in [0.5, 0.6) is 0 Å². The smallest absolute Gasteiger partial charge is 0.410 e. The first-order valence-corrected chi connectivity index (χ1v) is 15.3. The Morgan fingerprint density at radius 3 is 2.44 bits per heavy atom. The molecule has 2 saturated heterocycles. The van der Waals surface area contributed by atoms with Crippen molar-refractivity contribution in [2.45, 2.75) is 66.5 Å². The number of hydrogen-bond acceptors (Lipinski definition) is 7. The van der Waals surface area contributed by atoms with Gasteiger partial charge < -0.3 is 15.0 Å². The molecule has 2 aliphatic heterocycles. The molecule has 3 aromatic rings. The Labute approximate surface area is 256 Å². The van der Waals surface area contributed by atoms with E-state index in [1.807, 2.05) is 65.9 Å². The molecule has 43 heavy (non-hydrogen) atoms. The molecule has 0 radical (unpaired) electrons. The number of carbonyl (C=O) groups excluding carboxylic acids is 3. The molecule has 228 valence electrons. The van der Waals surface area contributed by atoms with Crippen molar-refractivity contribution in [3.8, 4) is 11.3 Å². The lowest BCUT2D eigenvalue weighted by molar-refractivity contribution is -0.143. The number of aryl methyl sites for hydroxylation is 1. The second-order valence-corrected chi connectivity index (χ2v) is 14.2. The molecule has 1 N–H and O–H groups in total. The highest BCUT2D eigenvalue weighted by Gasteiger charge is 2.72. The predicted molar refractivity (Wildman–Crippen MR) is 164 cm³/mol. The minimum Gasteiger partial charge on any atom is -0.444 e. The monoisotopic (exact) mass is 606 g/mol. The van der Waals surface area contributed by atoms with Crippen LogP contribution >= 0.6 is 11.6 Å². The van der Waals surface area contributed by atoms with Gasteiger partial charge >= 0.3 is 6.09 Å². The van der Waals surface area contributed by atoms with Gasteiger partial charge in [-0.3, -0.25) is 14.5 Å². The summed E-state index contributed by atoms with van der Waals surface area (Å²) in [6.07, 6.45) is 4.84. The number of fused-ring (bicyclic) bond motifs is 2. The van der Waals surface area contributed by atoms with Crippen molar-refractivity contribution in [2.24, 2.45) is 23.2 Å². The average Bonchev–Trinajstić information content (AvgIpc) is 3.16. The molecule has 11 heteroatoms. The van der Waals surface area contributed by atoms with Gasteiger partial charge in [0.2, 0.25) is 11.8 Å². The first-order chi connectivity index (χ1) is 20.2. The zero-order valence-corrected chi connectivity index (χ0v) is 26.4. The second kappa shape index (κ2) is 10.5. The standard InChI is InChI=1S/C32H39ClN6O4/c1-18-11-21(33)13-22(26(18)34-14-19-7-9-37(10-8-19)30(42)43-31(2,3)4)27-23-12-20(16-39(23)36-17-35-27)15-38-28(40)24-25(29(38)41)32(24,5)6/h11-13,16-17,19,24-25,34H,7-10,14-15H2,1-6H3. The van der Waals surface area contributed by atoms with Crippen molar-refractivity contribution in [3.05, 3.63) is 46.9 Å². The zero-order chi connectivity index (χ0) is 30.8. The van der Waals surface area contributed by atoms with E-state index >= 15 is 0 Å². The van der Waals surface area contributed by atoms with E-state index in [0.717, 1.165) is 47.3 Å². The van der Waals surface area contributed by atoms with E-state index in [2.05, 4.69) is 15.4 Å². The Hall–Kier alpha value is -3.66. The summed E-state index contributed by atoms with van der Waals surface area (Å²) in [5.41, 5.74) is 4.32. The Morgan fingerprint density at radius 2 is 1.79 bits per heavy atom. The van der Waals surface area contributed by atoms with E-state index in [4.69, 9.17) is 16.3 Å². The Morgan fingerprint density at radius 1 is 1.12 bits per heavy atom. The largest absolute Gasteiger partial charge is 0.444 e. The minimum atomic E-state index is -0.508. The molecule has 2 aromatic heterocycles. The lowest BCUT2D eigenvalue weighted by atomic mass is 9.96. The third-order valence-corrected chi connectivity index (χ3v) is 9.30. The number of hydrogen-bond donors (Lipinski definition) is 1. The normalized spacial score (nSPS) is 21.8. The number of likely N-dealkylation sites (tertiary alicyclic amines) is 2. The molecule has 2 unspecified atom stereocenters. The second-order valence-electron chi connectivity index (χ2n) is 13.8. The number of halogens is 1. The molecule has 0 bridgehead atoms. The summed E-state index contributed by atoms with van der Waals surface area (Å²) in [4.78, 5) is 46.2. The van der Waals surface area contributed by atoms with E-state index in [1.165, 1.54) is 11.2 Å². The summed E-state index contributed by atoms with van der Waals surface area (Å²) in [5.74, 6) is -0.204. The van der Waals surface area contributed by atoms with E-state index in [-0.39, 0.29) is 41.7 Å². The number of imide groups is 1. The third-order valence-electron chi connectivity index (χ3n) is 9.08. The highest BCUT2D eigenvalue weighted by Crippen LogP contribution is 2.63. The topological polar surface area (TPSA) is 109 Å². The molecule has 1 aromatic carbocycles. The van der Waals surface area contributed by atoms with Crippen LogP contribution in [0.15, 0.2) is 30.7 Å². The van der Waals surface area contributed by atoms with E-state index < -0.39 is 5.60 Å². The van der Waals surface area contributed by atoms with Crippen LogP contribution in [0.4, 0.5) is 10.5 Å². The maximum Gasteiger partial charge on any atom is 0.410 e. The van der Waals surface area contributed by atoms with Crippen LogP contribution in [0.1, 0.15) is 58.6 Å². The number of nitrogens with zero attached hydrogens (tertiary/aromatic N) is 5. The van der Waals surface area contributed by atoms with Gasteiger partial charge in [0.05, 0.1) is 29.6 Å². The highest BCUT2D eigenvalue weighted by molar-refractivity contribution is 6.31. The van der Waals surface area contributed by atoms with Gasteiger partial charge in [-0.15, -0.1) is 0 Å². The fourth-order valence-electron chi connectivity index (χ4n) is 6.68. The number of aromatic nitrogens is 3. The van der Waals surface area contributed by atoms with Crippen LogP contribution in [0.25, 0.3) is 16.8 Å². The fourth-order valence-corrected chi connectivity index (χ4v) is 6.95. The predicted octanol–water partition coefficient (Wildman–Crippen LogP) is 5.56. The molecule has 0 spiro atoms. The van der Waals surface area contributed by atoms with Crippen molar-refractivity contribution in [1.29, 1.82) is 0 Å². The Balaban J connectivity index is 1.19. The van der Waals surface area contributed by atoms with Gasteiger partial charge in [0.15, 0.2) is 0 Å². The van der Waals surface area contributed by atoms with Gasteiger partial charge in [0.25, 0.3) is 0 Å². The number of ether oxygens (including phenoxy) is 1. The van der Waals surface area contributed by atoms with Crippen molar-refractivity contribution >= 4 is 40.7 Å². The number of carbonyl (C=O) groups is 3. The van der Waals surface area contributed by atoms with Crippen molar-refractivity contribution in [2.75, 3.05) is 25.0 Å². The summed E-state index contributed by atoms with van der Waals surface area (Å²) in [6, 6.07) is 5.77. The van der Waals surface area contributed by atoms with Gasteiger partial charge in [-0.05, 0) is 81.2 Å². The van der Waals surface area contributed by atoms with Crippen molar-refractivity contribution in [3.63, 3.8) is 0 Å². The van der Waals surface area contributed by atoms with Gasteiger partial charge in [-0.1, -0.05) is 25.4 Å². The van der Waals surface area contributed by atoms with Crippen LogP contribution in [-0.4, -0.2) is 67.5 Å². The molecule has 2 atom stereocenters. The summed E-state index contributed by atoms with van der Waals surface area (Å²) < 4.78 is 7.28. The van der Waals surface area contributed by atoms with Crippen LogP contribution in [0.3, 0.4) is 0 Å². The number of anilines is 1. The van der Waals surface area contributed by atoms with E-state index in [0.29, 0.717) is 29.7 Å². The fraction of sp³-hybridized carbons (Fsp3) is 0.531. The van der Waals surface area contributed by atoms with Gasteiger partial charge in [-0.25, -0.2) is 14.3 Å². The zero-order valence-electron chi connectivity index (χ0n) is 25.6. The first-order valence-electron chi connectivity index (χ1n) is 14.9. The molecule has 1 aliphatic carbocycles. The maximum atomic E-state index is 12.9. The summed E-state index contributed by atoms with van der Waals surface area (Å²) >= 11 is 6.55. The van der Waals surface area contributed by atoms with E-state index in [9.17, 15) is 14.4 Å². The minimum absolute atomic E-state index is 0.0876. The first kappa shape index (κ1) is 29.4. The number of benzene rings is 1. The van der Waals surface area contributed by atoms with Crippen molar-refractivity contribution < 1.29 is 19.1 Å².